The van der Waals surface area contributed by atoms with Gasteiger partial charge in [0.05, 0.1) is 11.1 Å². The summed E-state index contributed by atoms with van der Waals surface area (Å²) in [6, 6.07) is 18.9. The minimum Gasteiger partial charge on any atom is -0.478 e. The number of hydrogen-bond acceptors (Lipinski definition) is 4. The van der Waals surface area contributed by atoms with Crippen LogP contribution in [0.15, 0.2) is 60.7 Å². The molecule has 0 saturated carbocycles. The Morgan fingerprint density at radius 1 is 0.545 bits per heavy atom. The summed E-state index contributed by atoms with van der Waals surface area (Å²) >= 11 is 0. The van der Waals surface area contributed by atoms with Crippen molar-refractivity contribution >= 4 is 33.5 Å². The number of aryl methyl sites for hydroxylation is 2. The van der Waals surface area contributed by atoms with Crippen molar-refractivity contribution in [2.75, 3.05) is 25.0 Å². The van der Waals surface area contributed by atoms with E-state index in [4.69, 9.17) is 0 Å². The lowest BCUT2D eigenvalue weighted by molar-refractivity contribution is 0.0686. The highest BCUT2D eigenvalue weighted by Gasteiger charge is 2.15. The van der Waals surface area contributed by atoms with E-state index in [1.807, 2.05) is 24.3 Å². The molecular weight excluding hydrogens is 593 g/mol. The molecule has 0 atom stereocenters. The van der Waals surface area contributed by atoms with Gasteiger partial charge in [-0.25, -0.2) is 9.59 Å². The van der Waals surface area contributed by atoms with E-state index in [0.29, 0.717) is 0 Å². The van der Waals surface area contributed by atoms with Crippen molar-refractivity contribution in [3.63, 3.8) is 0 Å². The van der Waals surface area contributed by atoms with Crippen LogP contribution in [0.4, 0.5) is 0 Å². The number of unbranched alkanes of at least 4 members (excludes halogenated alkanes) is 6. The number of benzene rings is 3. The van der Waals surface area contributed by atoms with Crippen LogP contribution in [-0.4, -0.2) is 55.6 Å². The lowest BCUT2D eigenvalue weighted by Gasteiger charge is -2.18. The molecule has 0 fully saturated rings. The molecule has 0 heterocycles. The van der Waals surface area contributed by atoms with Gasteiger partial charge in [0, 0.05) is 46.6 Å². The Balaban J connectivity index is 0.00000108. The smallest absolute Gasteiger partial charge is 0.335 e. The molecule has 2 N–H and O–H groups in total. The first kappa shape index (κ1) is 38.9. The number of carboxylic acids is 2. The van der Waals surface area contributed by atoms with Crippen LogP contribution in [0.3, 0.4) is 0 Å². The second-order valence-electron chi connectivity index (χ2n) is 11.0. The zero-order valence-corrected chi connectivity index (χ0v) is 28.8. The average Bonchev–Trinajstić information content (AvgIpc) is 2.97. The number of rotatable bonds is 14. The van der Waals surface area contributed by atoms with Gasteiger partial charge < -0.3 is 10.2 Å². The van der Waals surface area contributed by atoms with Gasteiger partial charge in [-0.2, -0.15) is 0 Å². The van der Waals surface area contributed by atoms with E-state index >= 15 is 0 Å². The highest BCUT2D eigenvalue weighted by molar-refractivity contribution is 7.83. The van der Waals surface area contributed by atoms with E-state index in [2.05, 4.69) is 26.0 Å². The molecule has 242 valence electrons. The molecule has 0 aliphatic heterocycles. The van der Waals surface area contributed by atoms with Crippen LogP contribution in [0.2, 0.25) is 0 Å². The highest BCUT2D eigenvalue weighted by atomic mass is 32.2. The van der Waals surface area contributed by atoms with E-state index in [0.717, 1.165) is 36.8 Å². The first-order valence-electron chi connectivity index (χ1n) is 15.2. The van der Waals surface area contributed by atoms with Crippen LogP contribution in [0, 0.1) is 0 Å². The molecule has 6 nitrogen and oxygen atoms in total. The van der Waals surface area contributed by atoms with Gasteiger partial charge in [-0.15, -0.1) is 0 Å². The normalized spacial score (nSPS) is 10.5. The molecule has 8 heteroatoms. The van der Waals surface area contributed by atoms with Gasteiger partial charge in [0.1, 0.15) is 0 Å². The lowest BCUT2D eigenvalue weighted by atomic mass is 9.86. The third-order valence-electron chi connectivity index (χ3n) is 6.81. The highest BCUT2D eigenvalue weighted by Crippen LogP contribution is 2.35. The van der Waals surface area contributed by atoms with Gasteiger partial charge in [0.2, 0.25) is 0 Å². The fourth-order valence-electron chi connectivity index (χ4n) is 4.71. The van der Waals surface area contributed by atoms with Crippen LogP contribution in [0.1, 0.15) is 97.1 Å². The molecule has 0 bridgehead atoms. The van der Waals surface area contributed by atoms with Crippen molar-refractivity contribution in [2.45, 2.75) is 78.1 Å². The summed E-state index contributed by atoms with van der Waals surface area (Å²) in [5.74, 6) is -1.84. The largest absolute Gasteiger partial charge is 0.478 e. The lowest BCUT2D eigenvalue weighted by Crippen LogP contribution is -2.00. The van der Waals surface area contributed by atoms with Gasteiger partial charge in [-0.1, -0.05) is 88.8 Å². The molecule has 44 heavy (non-hydrogen) atoms. The van der Waals surface area contributed by atoms with Gasteiger partial charge in [0.25, 0.3) is 0 Å². The summed E-state index contributed by atoms with van der Waals surface area (Å²) in [5, 5.41) is 18.7. The van der Waals surface area contributed by atoms with E-state index in [1.54, 1.807) is 49.3 Å². The number of carbonyl (C=O) groups is 2. The van der Waals surface area contributed by atoms with Crippen molar-refractivity contribution in [3.8, 4) is 22.3 Å². The summed E-state index contributed by atoms with van der Waals surface area (Å²) < 4.78 is 19.1. The Bertz CT molecular complexity index is 1240. The van der Waals surface area contributed by atoms with Crippen LogP contribution in [0.5, 0.6) is 0 Å². The minimum absolute atomic E-state index is 0.290. The maximum Gasteiger partial charge on any atom is 0.335 e. The topological polar surface area (TPSA) is 109 Å². The molecule has 0 aromatic heterocycles. The third-order valence-corrected chi connectivity index (χ3v) is 6.81. The Hall–Kier alpha value is -3.10. The number of carboxylic acid groups (broad SMARTS) is 2. The summed E-state index contributed by atoms with van der Waals surface area (Å²) in [6.07, 6.45) is 17.8. The standard InChI is InChI=1S/C32H38O4.2C2H6OS/c1-3-5-7-9-11-27-21-30(24-15-19-26(20-16-24)32(35)36)28(12-10-8-6-4-2)22-29(27)23-13-17-25(18-14-23)31(33)34;2*1-4(2)3/h13-22H,3-12H2,1-2H3,(H,33,34)(H,35,36);2*1-2H3. The predicted molar refractivity (Wildman–Crippen MR) is 187 cm³/mol. The average molecular weight is 643 g/mol. The molecule has 0 aliphatic rings. The van der Waals surface area contributed by atoms with Crippen molar-refractivity contribution in [1.29, 1.82) is 0 Å². The van der Waals surface area contributed by atoms with Crippen LogP contribution in [0.25, 0.3) is 22.3 Å². The Kier molecular flexibility index (Phi) is 19.1. The van der Waals surface area contributed by atoms with E-state index < -0.39 is 33.5 Å². The zero-order chi connectivity index (χ0) is 33.1. The SMILES string of the molecule is CCCCCCc1cc(-c2ccc(C(=O)O)cc2)c(CCCCCC)cc1-c1ccc(C(=O)O)cc1.CS(C)=O.CS(C)=O. The third kappa shape index (κ3) is 15.1. The maximum atomic E-state index is 11.4. The molecule has 0 aliphatic carbocycles. The second kappa shape index (κ2) is 21.6. The summed E-state index contributed by atoms with van der Waals surface area (Å²) in [7, 11) is -1.22. The van der Waals surface area contributed by atoms with Gasteiger partial charge >= 0.3 is 11.9 Å². The Morgan fingerprint density at radius 3 is 1.09 bits per heavy atom. The minimum atomic E-state index is -0.918. The molecule has 3 rings (SSSR count). The molecular formula is C36H50O6S2. The first-order chi connectivity index (χ1) is 20.9. The van der Waals surface area contributed by atoms with Gasteiger partial charge in [-0.3, -0.25) is 8.42 Å². The van der Waals surface area contributed by atoms with Gasteiger partial charge in [0.15, 0.2) is 0 Å². The predicted octanol–water partition coefficient (Wildman–Crippen LogP) is 8.65. The van der Waals surface area contributed by atoms with Crippen LogP contribution >= 0.6 is 0 Å². The number of aromatic carboxylic acids is 2. The molecule has 0 radical (unpaired) electrons. The fourth-order valence-corrected chi connectivity index (χ4v) is 4.71. The van der Waals surface area contributed by atoms with E-state index in [1.165, 1.54) is 60.8 Å². The van der Waals surface area contributed by atoms with Crippen LogP contribution in [-0.2, 0) is 34.4 Å². The second-order valence-corrected chi connectivity index (χ2v) is 14.0. The zero-order valence-electron chi connectivity index (χ0n) is 27.2. The molecule has 0 saturated heterocycles. The quantitative estimate of drug-likeness (QED) is 0.170. The van der Waals surface area contributed by atoms with Crippen molar-refractivity contribution in [1.82, 2.24) is 0 Å². The molecule has 0 spiro atoms. The first-order valence-corrected chi connectivity index (χ1v) is 19.2. The maximum absolute atomic E-state index is 11.4. The van der Waals surface area contributed by atoms with Crippen molar-refractivity contribution < 1.29 is 28.2 Å². The number of hydrogen-bond donors (Lipinski definition) is 2. The Morgan fingerprint density at radius 2 is 0.841 bits per heavy atom. The van der Waals surface area contributed by atoms with Gasteiger partial charge in [-0.05, 0) is 83.3 Å². The summed E-state index contributed by atoms with van der Waals surface area (Å²) in [6.45, 7) is 4.42. The molecule has 0 amide bonds. The Labute approximate surface area is 269 Å². The molecule has 0 unspecified atom stereocenters. The summed E-state index contributed by atoms with van der Waals surface area (Å²) in [4.78, 5) is 22.7. The molecule has 3 aromatic rings. The van der Waals surface area contributed by atoms with E-state index in [-0.39, 0.29) is 11.1 Å². The fraction of sp³-hybridized carbons (Fsp3) is 0.444. The monoisotopic (exact) mass is 642 g/mol. The van der Waals surface area contributed by atoms with Crippen LogP contribution < -0.4 is 0 Å². The van der Waals surface area contributed by atoms with Crippen molar-refractivity contribution in [2.24, 2.45) is 0 Å². The molecule has 3 aromatic carbocycles. The summed E-state index contributed by atoms with van der Waals surface area (Å²) in [5.41, 5.74) is 7.49. The van der Waals surface area contributed by atoms with Crippen molar-refractivity contribution in [3.05, 3.63) is 82.9 Å². The van der Waals surface area contributed by atoms with E-state index in [9.17, 15) is 28.2 Å².